The molecular formula is C24H34N4O2S. The maximum Gasteiger partial charge on any atom is 0.191 e. The van der Waals surface area contributed by atoms with E-state index in [0.717, 1.165) is 64.5 Å². The van der Waals surface area contributed by atoms with Crippen LogP contribution in [0.5, 0.6) is 0 Å². The molecule has 7 heteroatoms. The van der Waals surface area contributed by atoms with Gasteiger partial charge in [0.15, 0.2) is 5.96 Å². The van der Waals surface area contributed by atoms with Gasteiger partial charge in [-0.1, -0.05) is 24.3 Å². The zero-order valence-corrected chi connectivity index (χ0v) is 19.2. The molecule has 0 amide bonds. The molecule has 0 atom stereocenters. The predicted molar refractivity (Wildman–Crippen MR) is 128 cm³/mol. The molecule has 4 rings (SSSR count). The predicted octanol–water partition coefficient (Wildman–Crippen LogP) is 3.78. The minimum atomic E-state index is 0.335. The molecular weight excluding hydrogens is 408 g/mol. The van der Waals surface area contributed by atoms with Gasteiger partial charge in [-0.15, -0.1) is 11.3 Å². The molecule has 0 bridgehead atoms. The molecule has 1 aromatic carbocycles. The van der Waals surface area contributed by atoms with Gasteiger partial charge < -0.3 is 25.0 Å². The van der Waals surface area contributed by atoms with Gasteiger partial charge in [0.2, 0.25) is 0 Å². The normalized spacial score (nSPS) is 18.9. The molecule has 168 valence electrons. The SMILES string of the molecule is CN=C(NCc1ccc(COC2CCOCC2)cc1)NC1CCN(c2cccs2)CC1. The number of nitrogens with zero attached hydrogens (tertiary/aromatic N) is 2. The van der Waals surface area contributed by atoms with E-state index in [9.17, 15) is 0 Å². The van der Waals surface area contributed by atoms with Crippen molar-refractivity contribution in [2.75, 3.05) is 38.3 Å². The Morgan fingerprint density at radius 1 is 1.10 bits per heavy atom. The lowest BCUT2D eigenvalue weighted by atomic mass is 10.1. The molecule has 1 aromatic heterocycles. The van der Waals surface area contributed by atoms with Crippen molar-refractivity contribution in [3.8, 4) is 0 Å². The lowest BCUT2D eigenvalue weighted by molar-refractivity contribution is -0.0390. The molecule has 2 N–H and O–H groups in total. The average molecular weight is 443 g/mol. The van der Waals surface area contributed by atoms with Crippen LogP contribution in [0.1, 0.15) is 36.8 Å². The van der Waals surface area contributed by atoms with E-state index in [1.165, 1.54) is 16.1 Å². The van der Waals surface area contributed by atoms with Gasteiger partial charge in [0, 0.05) is 45.9 Å². The Morgan fingerprint density at radius 2 is 1.84 bits per heavy atom. The Kier molecular flexibility index (Phi) is 8.21. The summed E-state index contributed by atoms with van der Waals surface area (Å²) in [5.41, 5.74) is 2.46. The second-order valence-corrected chi connectivity index (χ2v) is 9.15. The number of thiophene rings is 1. The molecule has 3 heterocycles. The Bertz CT molecular complexity index is 795. The molecule has 0 aliphatic carbocycles. The summed E-state index contributed by atoms with van der Waals surface area (Å²) in [6.07, 6.45) is 4.59. The lowest BCUT2D eigenvalue weighted by Crippen LogP contribution is -2.48. The summed E-state index contributed by atoms with van der Waals surface area (Å²) in [5, 5.41) is 10.6. The number of benzene rings is 1. The lowest BCUT2D eigenvalue weighted by Gasteiger charge is -2.33. The fourth-order valence-electron chi connectivity index (χ4n) is 4.08. The van der Waals surface area contributed by atoms with E-state index in [-0.39, 0.29) is 0 Å². The number of hydrogen-bond acceptors (Lipinski definition) is 5. The second kappa shape index (κ2) is 11.5. The van der Waals surface area contributed by atoms with E-state index < -0.39 is 0 Å². The van der Waals surface area contributed by atoms with Crippen molar-refractivity contribution in [1.29, 1.82) is 0 Å². The Morgan fingerprint density at radius 3 is 2.52 bits per heavy atom. The van der Waals surface area contributed by atoms with Crippen LogP contribution in [0, 0.1) is 0 Å². The second-order valence-electron chi connectivity index (χ2n) is 8.22. The monoisotopic (exact) mass is 442 g/mol. The van der Waals surface area contributed by atoms with Crippen molar-refractivity contribution in [1.82, 2.24) is 10.6 Å². The van der Waals surface area contributed by atoms with Gasteiger partial charge in [-0.25, -0.2) is 0 Å². The maximum atomic E-state index is 6.01. The van der Waals surface area contributed by atoms with E-state index >= 15 is 0 Å². The van der Waals surface area contributed by atoms with Gasteiger partial charge in [0.05, 0.1) is 17.7 Å². The highest BCUT2D eigenvalue weighted by Crippen LogP contribution is 2.24. The zero-order chi connectivity index (χ0) is 21.3. The first kappa shape index (κ1) is 22.1. The molecule has 0 radical (unpaired) electrons. The summed E-state index contributed by atoms with van der Waals surface area (Å²) in [6.45, 7) is 5.25. The number of hydrogen-bond donors (Lipinski definition) is 2. The molecule has 0 saturated carbocycles. The number of guanidine groups is 1. The van der Waals surface area contributed by atoms with E-state index in [4.69, 9.17) is 9.47 Å². The Hall–Kier alpha value is -2.09. The maximum absolute atomic E-state index is 6.01. The molecule has 2 saturated heterocycles. The molecule has 0 spiro atoms. The van der Waals surface area contributed by atoms with E-state index in [2.05, 4.69) is 62.3 Å². The van der Waals surface area contributed by atoms with Crippen LogP contribution in [0.25, 0.3) is 0 Å². The Labute approximate surface area is 189 Å². The number of ether oxygens (including phenoxy) is 2. The molecule has 2 aromatic rings. The van der Waals surface area contributed by atoms with Crippen LogP contribution < -0.4 is 15.5 Å². The van der Waals surface area contributed by atoms with Crippen molar-refractivity contribution in [3.05, 3.63) is 52.9 Å². The topological polar surface area (TPSA) is 58.1 Å². The van der Waals surface area contributed by atoms with Crippen molar-refractivity contribution >= 4 is 22.3 Å². The van der Waals surface area contributed by atoms with E-state index in [0.29, 0.717) is 18.8 Å². The third-order valence-electron chi connectivity index (χ3n) is 6.01. The van der Waals surface area contributed by atoms with Gasteiger partial charge in [-0.3, -0.25) is 4.99 Å². The minimum absolute atomic E-state index is 0.335. The first-order chi connectivity index (χ1) is 15.3. The van der Waals surface area contributed by atoms with Crippen LogP contribution in [-0.4, -0.2) is 51.5 Å². The van der Waals surface area contributed by atoms with Gasteiger partial charge >= 0.3 is 0 Å². The molecule has 0 unspecified atom stereocenters. The summed E-state index contributed by atoms with van der Waals surface area (Å²) < 4.78 is 11.4. The average Bonchev–Trinajstić information content (AvgIpc) is 3.37. The summed E-state index contributed by atoms with van der Waals surface area (Å²) >= 11 is 1.82. The first-order valence-electron chi connectivity index (χ1n) is 11.3. The summed E-state index contributed by atoms with van der Waals surface area (Å²) in [6, 6.07) is 13.5. The van der Waals surface area contributed by atoms with Crippen LogP contribution in [-0.2, 0) is 22.6 Å². The Balaban J connectivity index is 1.17. The van der Waals surface area contributed by atoms with Gasteiger partial charge in [-0.05, 0) is 54.3 Å². The highest BCUT2D eigenvalue weighted by atomic mass is 32.1. The van der Waals surface area contributed by atoms with Gasteiger partial charge in [0.1, 0.15) is 0 Å². The first-order valence-corrected chi connectivity index (χ1v) is 12.2. The van der Waals surface area contributed by atoms with Crippen LogP contribution >= 0.6 is 11.3 Å². The molecule has 2 aliphatic heterocycles. The number of nitrogens with one attached hydrogen (secondary N) is 2. The van der Waals surface area contributed by atoms with Crippen LogP contribution in [0.2, 0.25) is 0 Å². The minimum Gasteiger partial charge on any atom is -0.381 e. The van der Waals surface area contributed by atoms with Crippen molar-refractivity contribution in [2.45, 2.75) is 51.0 Å². The molecule has 2 aliphatic rings. The van der Waals surface area contributed by atoms with Gasteiger partial charge in [-0.2, -0.15) is 0 Å². The van der Waals surface area contributed by atoms with Crippen molar-refractivity contribution < 1.29 is 9.47 Å². The molecule has 31 heavy (non-hydrogen) atoms. The van der Waals surface area contributed by atoms with Crippen molar-refractivity contribution in [2.24, 2.45) is 4.99 Å². The number of rotatable bonds is 7. The van der Waals surface area contributed by atoms with E-state index in [1.54, 1.807) is 0 Å². The smallest absolute Gasteiger partial charge is 0.191 e. The fraction of sp³-hybridized carbons (Fsp3) is 0.542. The number of aliphatic imine (C=N–C) groups is 1. The van der Waals surface area contributed by atoms with Crippen LogP contribution in [0.4, 0.5) is 5.00 Å². The standard InChI is InChI=1S/C24H34N4O2S/c1-25-24(27-21-8-12-28(13-9-21)23-3-2-16-31-23)26-17-19-4-6-20(7-5-19)18-30-22-10-14-29-15-11-22/h2-7,16,21-22H,8-15,17-18H2,1H3,(H2,25,26,27). The third kappa shape index (κ3) is 6.69. The third-order valence-corrected chi connectivity index (χ3v) is 6.94. The summed E-state index contributed by atoms with van der Waals surface area (Å²) in [5.74, 6) is 0.876. The molecule has 2 fully saturated rings. The number of anilines is 1. The van der Waals surface area contributed by atoms with Gasteiger partial charge in [0.25, 0.3) is 0 Å². The van der Waals surface area contributed by atoms with E-state index in [1.807, 2.05) is 18.4 Å². The zero-order valence-electron chi connectivity index (χ0n) is 18.4. The van der Waals surface area contributed by atoms with Crippen LogP contribution in [0.15, 0.2) is 46.8 Å². The fourth-order valence-corrected chi connectivity index (χ4v) is 4.86. The van der Waals surface area contributed by atoms with Crippen molar-refractivity contribution in [3.63, 3.8) is 0 Å². The van der Waals surface area contributed by atoms with Crippen LogP contribution in [0.3, 0.4) is 0 Å². The molecule has 6 nitrogen and oxygen atoms in total. The highest BCUT2D eigenvalue weighted by Gasteiger charge is 2.20. The number of piperidine rings is 1. The quantitative estimate of drug-likeness (QED) is 0.505. The summed E-state index contributed by atoms with van der Waals surface area (Å²) in [7, 11) is 1.84. The summed E-state index contributed by atoms with van der Waals surface area (Å²) in [4.78, 5) is 6.90. The largest absolute Gasteiger partial charge is 0.381 e. The highest BCUT2D eigenvalue weighted by molar-refractivity contribution is 7.14.